The van der Waals surface area contributed by atoms with E-state index in [1.54, 1.807) is 4.90 Å². The van der Waals surface area contributed by atoms with E-state index >= 15 is 0 Å². The number of nitrogens with zero attached hydrogens (tertiary/aromatic N) is 2. The Labute approximate surface area is 154 Å². The third-order valence-corrected chi connectivity index (χ3v) is 4.55. The van der Waals surface area contributed by atoms with Gasteiger partial charge in [0.05, 0.1) is 13.1 Å². The van der Waals surface area contributed by atoms with Gasteiger partial charge >= 0.3 is 0 Å². The van der Waals surface area contributed by atoms with Gasteiger partial charge in [0.2, 0.25) is 5.91 Å². The number of guanidine groups is 1. The molecule has 1 heterocycles. The van der Waals surface area contributed by atoms with Crippen LogP contribution in [-0.2, 0) is 11.3 Å². The number of carbonyl (C=O) groups excluding carboxylic acids is 2. The van der Waals surface area contributed by atoms with Crippen LogP contribution in [0.5, 0.6) is 0 Å². The summed E-state index contributed by atoms with van der Waals surface area (Å²) in [5, 5.41) is 9.35. The quantitative estimate of drug-likeness (QED) is 0.517. The van der Waals surface area contributed by atoms with Crippen molar-refractivity contribution in [1.82, 2.24) is 20.9 Å². The molecule has 3 N–H and O–H groups in total. The lowest BCUT2D eigenvalue weighted by Crippen LogP contribution is -2.49. The van der Waals surface area contributed by atoms with Crippen LogP contribution in [0.4, 0.5) is 0 Å². The normalized spacial score (nSPS) is 17.7. The maximum atomic E-state index is 12.5. The number of benzene rings is 1. The molecule has 3 rings (SSSR count). The predicted octanol–water partition coefficient (Wildman–Crippen LogP) is 0.724. The third kappa shape index (κ3) is 5.21. The Morgan fingerprint density at radius 3 is 2.69 bits per heavy atom. The topological polar surface area (TPSA) is 85.8 Å². The van der Waals surface area contributed by atoms with Gasteiger partial charge in [0.25, 0.3) is 5.91 Å². The van der Waals surface area contributed by atoms with E-state index in [-0.39, 0.29) is 18.4 Å². The highest BCUT2D eigenvalue weighted by Crippen LogP contribution is 2.27. The van der Waals surface area contributed by atoms with Crippen LogP contribution in [0.2, 0.25) is 0 Å². The maximum Gasteiger partial charge on any atom is 0.254 e. The smallest absolute Gasteiger partial charge is 0.254 e. The van der Waals surface area contributed by atoms with E-state index in [4.69, 9.17) is 0 Å². The predicted molar refractivity (Wildman–Crippen MR) is 101 cm³/mol. The van der Waals surface area contributed by atoms with Crippen LogP contribution >= 0.6 is 0 Å². The summed E-state index contributed by atoms with van der Waals surface area (Å²) in [5.41, 5.74) is 1.65. The summed E-state index contributed by atoms with van der Waals surface area (Å²) in [4.78, 5) is 30.1. The van der Waals surface area contributed by atoms with Crippen molar-refractivity contribution in [3.05, 3.63) is 35.4 Å². The highest BCUT2D eigenvalue weighted by Gasteiger charge is 2.22. The summed E-state index contributed by atoms with van der Waals surface area (Å²) in [7, 11) is 0. The van der Waals surface area contributed by atoms with E-state index in [0.717, 1.165) is 30.5 Å². The van der Waals surface area contributed by atoms with Gasteiger partial charge in [-0.05, 0) is 43.4 Å². The minimum absolute atomic E-state index is 0.102. The molecule has 1 aromatic rings. The molecule has 140 valence electrons. The zero-order chi connectivity index (χ0) is 18.4. The lowest BCUT2D eigenvalue weighted by Gasteiger charge is -2.26. The van der Waals surface area contributed by atoms with Gasteiger partial charge in [0.1, 0.15) is 0 Å². The Morgan fingerprint density at radius 2 is 2.04 bits per heavy atom. The van der Waals surface area contributed by atoms with Gasteiger partial charge in [0.15, 0.2) is 5.96 Å². The van der Waals surface area contributed by atoms with Gasteiger partial charge in [-0.2, -0.15) is 0 Å². The van der Waals surface area contributed by atoms with Crippen LogP contribution in [0.1, 0.15) is 35.7 Å². The van der Waals surface area contributed by atoms with E-state index in [0.29, 0.717) is 25.2 Å². The van der Waals surface area contributed by atoms with Crippen LogP contribution in [0.25, 0.3) is 0 Å². The zero-order valence-corrected chi connectivity index (χ0v) is 15.3. The number of carbonyl (C=O) groups is 2. The van der Waals surface area contributed by atoms with Crippen LogP contribution in [0.15, 0.2) is 29.3 Å². The summed E-state index contributed by atoms with van der Waals surface area (Å²) >= 11 is 0. The lowest BCUT2D eigenvalue weighted by atomic mass is 10.1. The molecule has 2 amide bonds. The standard InChI is InChI=1S/C19H27N5O2/c1-2-20-19(22-11-14-3-4-14)23-12-15-5-7-16(8-6-15)18(26)24-10-9-21-17(25)13-24/h5-8,14H,2-4,9-13H2,1H3,(H,21,25)(H2,20,22,23). The number of amides is 2. The Balaban J connectivity index is 1.56. The first-order valence-corrected chi connectivity index (χ1v) is 9.33. The molecule has 0 spiro atoms. The molecule has 1 aromatic carbocycles. The fraction of sp³-hybridized carbons (Fsp3) is 0.526. The minimum Gasteiger partial charge on any atom is -0.357 e. The molecule has 0 bridgehead atoms. The third-order valence-electron chi connectivity index (χ3n) is 4.55. The number of hydrogen-bond acceptors (Lipinski definition) is 3. The second-order valence-electron chi connectivity index (χ2n) is 6.79. The van der Waals surface area contributed by atoms with Crippen LogP contribution < -0.4 is 16.0 Å². The van der Waals surface area contributed by atoms with Crippen molar-refractivity contribution < 1.29 is 9.59 Å². The van der Waals surface area contributed by atoms with Gasteiger partial charge in [-0.15, -0.1) is 0 Å². The number of nitrogens with one attached hydrogen (secondary N) is 3. The van der Waals surface area contributed by atoms with E-state index in [9.17, 15) is 9.59 Å². The summed E-state index contributed by atoms with van der Waals surface area (Å²) in [6.07, 6.45) is 2.61. The Kier molecular flexibility index (Phi) is 6.09. The molecule has 0 radical (unpaired) electrons. The van der Waals surface area contributed by atoms with Crippen molar-refractivity contribution in [3.63, 3.8) is 0 Å². The molecule has 0 aromatic heterocycles. The zero-order valence-electron chi connectivity index (χ0n) is 15.3. The Hall–Kier alpha value is -2.57. The molecule has 1 saturated carbocycles. The molecular weight excluding hydrogens is 330 g/mol. The Morgan fingerprint density at radius 1 is 1.27 bits per heavy atom. The van der Waals surface area contributed by atoms with Crippen LogP contribution in [-0.4, -0.2) is 55.4 Å². The molecule has 26 heavy (non-hydrogen) atoms. The van der Waals surface area contributed by atoms with E-state index in [1.807, 2.05) is 24.3 Å². The largest absolute Gasteiger partial charge is 0.357 e. The second kappa shape index (κ2) is 8.69. The fourth-order valence-electron chi connectivity index (χ4n) is 2.82. The monoisotopic (exact) mass is 357 g/mol. The summed E-state index contributed by atoms with van der Waals surface area (Å²) in [6, 6.07) is 7.46. The SMILES string of the molecule is CCNC(=NCc1ccc(C(=O)N2CCNC(=O)C2)cc1)NCC1CC1. The van der Waals surface area contributed by atoms with Crippen molar-refractivity contribution in [3.8, 4) is 0 Å². The first-order valence-electron chi connectivity index (χ1n) is 9.33. The number of piperazine rings is 1. The Bertz CT molecular complexity index is 667. The molecule has 2 fully saturated rings. The molecule has 7 nitrogen and oxygen atoms in total. The summed E-state index contributed by atoms with van der Waals surface area (Å²) in [5.74, 6) is 1.42. The first-order chi connectivity index (χ1) is 12.7. The summed E-state index contributed by atoms with van der Waals surface area (Å²) < 4.78 is 0. The molecule has 0 unspecified atom stereocenters. The van der Waals surface area contributed by atoms with Crippen molar-refractivity contribution in [2.75, 3.05) is 32.7 Å². The first kappa shape index (κ1) is 18.2. The van der Waals surface area contributed by atoms with E-state index in [2.05, 4.69) is 27.9 Å². The van der Waals surface area contributed by atoms with Gasteiger partial charge in [0, 0.05) is 31.7 Å². The van der Waals surface area contributed by atoms with Crippen molar-refractivity contribution in [2.45, 2.75) is 26.3 Å². The van der Waals surface area contributed by atoms with E-state index < -0.39 is 0 Å². The van der Waals surface area contributed by atoms with Crippen molar-refractivity contribution in [1.29, 1.82) is 0 Å². The molecule has 1 saturated heterocycles. The highest BCUT2D eigenvalue weighted by atomic mass is 16.2. The summed E-state index contributed by atoms with van der Waals surface area (Å²) in [6.45, 7) is 5.60. The van der Waals surface area contributed by atoms with Crippen molar-refractivity contribution >= 4 is 17.8 Å². The number of hydrogen-bond donors (Lipinski definition) is 3. The average molecular weight is 357 g/mol. The van der Waals surface area contributed by atoms with Crippen LogP contribution in [0.3, 0.4) is 0 Å². The minimum atomic E-state index is -0.106. The molecule has 7 heteroatoms. The maximum absolute atomic E-state index is 12.5. The molecular formula is C19H27N5O2. The highest BCUT2D eigenvalue weighted by molar-refractivity contribution is 5.97. The van der Waals surface area contributed by atoms with Gasteiger partial charge in [-0.25, -0.2) is 4.99 Å². The van der Waals surface area contributed by atoms with Crippen LogP contribution in [0, 0.1) is 5.92 Å². The second-order valence-corrected chi connectivity index (χ2v) is 6.79. The van der Waals surface area contributed by atoms with Gasteiger partial charge < -0.3 is 20.9 Å². The van der Waals surface area contributed by atoms with Gasteiger partial charge in [-0.3, -0.25) is 9.59 Å². The lowest BCUT2D eigenvalue weighted by molar-refractivity contribution is -0.123. The van der Waals surface area contributed by atoms with E-state index in [1.165, 1.54) is 12.8 Å². The molecule has 1 aliphatic carbocycles. The molecule has 2 aliphatic rings. The molecule has 1 aliphatic heterocycles. The molecule has 0 atom stereocenters. The van der Waals surface area contributed by atoms with Crippen molar-refractivity contribution in [2.24, 2.45) is 10.9 Å². The number of aliphatic imine (C=N–C) groups is 1. The van der Waals surface area contributed by atoms with Gasteiger partial charge in [-0.1, -0.05) is 12.1 Å². The average Bonchev–Trinajstić information content (AvgIpc) is 3.48. The number of rotatable bonds is 6. The fourth-order valence-corrected chi connectivity index (χ4v) is 2.82.